The summed E-state index contributed by atoms with van der Waals surface area (Å²) < 4.78 is 26.4. The molecular formula is C16H26ClN3O3S. The Hall–Kier alpha value is -1.31. The highest BCUT2D eigenvalue weighted by molar-refractivity contribution is 7.92. The van der Waals surface area contributed by atoms with Crippen molar-refractivity contribution in [2.45, 2.75) is 45.6 Å². The number of sulfonamides is 1. The lowest BCUT2D eigenvalue weighted by Gasteiger charge is -2.15. The van der Waals surface area contributed by atoms with Crippen molar-refractivity contribution >= 4 is 39.7 Å². The molecule has 136 valence electrons. The normalized spacial score (nSPS) is 17.2. The van der Waals surface area contributed by atoms with Crippen molar-refractivity contribution in [1.29, 1.82) is 0 Å². The predicted molar refractivity (Wildman–Crippen MR) is 100 cm³/mol. The molecule has 0 radical (unpaired) electrons. The number of carbonyl (C=O) groups excluding carboxylic acids is 1. The van der Waals surface area contributed by atoms with E-state index in [0.29, 0.717) is 24.2 Å². The third-order valence-corrected chi connectivity index (χ3v) is 5.42. The molecule has 0 aliphatic carbocycles. The molecule has 2 rings (SSSR count). The highest BCUT2D eigenvalue weighted by atomic mass is 35.5. The van der Waals surface area contributed by atoms with E-state index in [1.54, 1.807) is 25.1 Å². The second-order valence-corrected chi connectivity index (χ2v) is 7.79. The summed E-state index contributed by atoms with van der Waals surface area (Å²) in [5.41, 5.74) is 1.87. The summed E-state index contributed by atoms with van der Waals surface area (Å²) in [6.45, 7) is 4.58. The van der Waals surface area contributed by atoms with E-state index in [1.807, 2.05) is 6.92 Å². The SMILES string of the molecule is CCCS(=O)(=O)Nc1cccc(NC(=O)CC2CCCN2)c1C.Cl. The van der Waals surface area contributed by atoms with Gasteiger partial charge in [0.2, 0.25) is 15.9 Å². The third-order valence-electron chi connectivity index (χ3n) is 3.94. The Morgan fingerprint density at radius 2 is 2.04 bits per heavy atom. The molecule has 0 bridgehead atoms. The first-order valence-corrected chi connectivity index (χ1v) is 9.70. The van der Waals surface area contributed by atoms with Crippen LogP contribution in [-0.4, -0.2) is 32.7 Å². The maximum atomic E-state index is 12.1. The molecule has 0 spiro atoms. The molecule has 1 aliphatic rings. The van der Waals surface area contributed by atoms with Crippen molar-refractivity contribution in [3.63, 3.8) is 0 Å². The number of hydrogen-bond acceptors (Lipinski definition) is 4. The average Bonchev–Trinajstić information content (AvgIpc) is 2.95. The van der Waals surface area contributed by atoms with Gasteiger partial charge in [-0.05, 0) is 50.4 Å². The van der Waals surface area contributed by atoms with Gasteiger partial charge in [-0.1, -0.05) is 13.0 Å². The van der Waals surface area contributed by atoms with Crippen LogP contribution >= 0.6 is 12.4 Å². The van der Waals surface area contributed by atoms with Crippen molar-refractivity contribution in [2.24, 2.45) is 0 Å². The lowest BCUT2D eigenvalue weighted by atomic mass is 10.1. The van der Waals surface area contributed by atoms with E-state index >= 15 is 0 Å². The van der Waals surface area contributed by atoms with E-state index in [0.717, 1.165) is 24.9 Å². The Kier molecular flexibility index (Phi) is 7.99. The van der Waals surface area contributed by atoms with E-state index in [2.05, 4.69) is 15.4 Å². The molecule has 24 heavy (non-hydrogen) atoms. The first-order valence-electron chi connectivity index (χ1n) is 8.04. The molecule has 1 amide bonds. The van der Waals surface area contributed by atoms with E-state index in [4.69, 9.17) is 0 Å². The van der Waals surface area contributed by atoms with Crippen LogP contribution in [0.2, 0.25) is 0 Å². The zero-order chi connectivity index (χ0) is 16.9. The number of anilines is 2. The molecule has 0 aromatic heterocycles. The zero-order valence-corrected chi connectivity index (χ0v) is 15.7. The van der Waals surface area contributed by atoms with Gasteiger partial charge in [0.15, 0.2) is 0 Å². The van der Waals surface area contributed by atoms with Gasteiger partial charge in [0.1, 0.15) is 0 Å². The summed E-state index contributed by atoms with van der Waals surface area (Å²) in [7, 11) is -3.34. The third kappa shape index (κ3) is 5.96. The number of rotatable bonds is 7. The minimum atomic E-state index is -3.34. The molecule has 0 saturated carbocycles. The molecule has 1 aromatic rings. The number of amides is 1. The molecule has 1 aliphatic heterocycles. The van der Waals surface area contributed by atoms with Crippen LogP contribution in [0.1, 0.15) is 38.2 Å². The first kappa shape index (κ1) is 20.7. The number of benzene rings is 1. The smallest absolute Gasteiger partial charge is 0.232 e. The van der Waals surface area contributed by atoms with Crippen molar-refractivity contribution in [1.82, 2.24) is 5.32 Å². The fraction of sp³-hybridized carbons (Fsp3) is 0.562. The van der Waals surface area contributed by atoms with E-state index in [-0.39, 0.29) is 30.1 Å². The van der Waals surface area contributed by atoms with Gasteiger partial charge in [-0.15, -0.1) is 12.4 Å². The summed E-state index contributed by atoms with van der Waals surface area (Å²) in [6, 6.07) is 5.46. The monoisotopic (exact) mass is 375 g/mol. The van der Waals surface area contributed by atoms with Crippen molar-refractivity contribution in [3.05, 3.63) is 23.8 Å². The van der Waals surface area contributed by atoms with Crippen LogP contribution in [0.15, 0.2) is 18.2 Å². The fourth-order valence-corrected chi connectivity index (χ4v) is 3.92. The van der Waals surface area contributed by atoms with Gasteiger partial charge in [-0.3, -0.25) is 9.52 Å². The van der Waals surface area contributed by atoms with E-state index in [9.17, 15) is 13.2 Å². The second kappa shape index (κ2) is 9.25. The maximum Gasteiger partial charge on any atom is 0.232 e. The van der Waals surface area contributed by atoms with Gasteiger partial charge in [0.05, 0.1) is 11.4 Å². The number of hydrogen-bond donors (Lipinski definition) is 3. The Morgan fingerprint density at radius 1 is 1.33 bits per heavy atom. The molecular weight excluding hydrogens is 350 g/mol. The van der Waals surface area contributed by atoms with Crippen LogP contribution < -0.4 is 15.4 Å². The Labute approximate surface area is 150 Å². The zero-order valence-electron chi connectivity index (χ0n) is 14.1. The van der Waals surface area contributed by atoms with E-state index in [1.165, 1.54) is 0 Å². The maximum absolute atomic E-state index is 12.1. The van der Waals surface area contributed by atoms with Gasteiger partial charge >= 0.3 is 0 Å². The predicted octanol–water partition coefficient (Wildman–Crippen LogP) is 2.65. The Bertz CT molecular complexity index is 659. The largest absolute Gasteiger partial charge is 0.326 e. The van der Waals surface area contributed by atoms with Crippen LogP contribution in [0.25, 0.3) is 0 Å². The van der Waals surface area contributed by atoms with Gasteiger partial charge in [-0.2, -0.15) is 0 Å². The van der Waals surface area contributed by atoms with Gasteiger partial charge in [-0.25, -0.2) is 8.42 Å². The molecule has 1 aromatic carbocycles. The quantitative estimate of drug-likeness (QED) is 0.683. The molecule has 3 N–H and O–H groups in total. The Balaban J connectivity index is 0.00000288. The van der Waals surface area contributed by atoms with Gasteiger partial charge in [0.25, 0.3) is 0 Å². The topological polar surface area (TPSA) is 87.3 Å². The molecule has 1 unspecified atom stereocenters. The van der Waals surface area contributed by atoms with Crippen LogP contribution in [0.3, 0.4) is 0 Å². The van der Waals surface area contributed by atoms with Crippen molar-refractivity contribution in [3.8, 4) is 0 Å². The summed E-state index contributed by atoms with van der Waals surface area (Å²) in [5, 5.41) is 6.17. The number of halogens is 1. The molecule has 8 heteroatoms. The average molecular weight is 376 g/mol. The van der Waals surface area contributed by atoms with Crippen LogP contribution in [0.4, 0.5) is 11.4 Å². The molecule has 1 fully saturated rings. The van der Waals surface area contributed by atoms with Gasteiger partial charge in [0, 0.05) is 18.2 Å². The van der Waals surface area contributed by atoms with Crippen molar-refractivity contribution < 1.29 is 13.2 Å². The molecule has 6 nitrogen and oxygen atoms in total. The highest BCUT2D eigenvalue weighted by Crippen LogP contribution is 2.25. The van der Waals surface area contributed by atoms with E-state index < -0.39 is 10.0 Å². The minimum absolute atomic E-state index is 0. The lowest BCUT2D eigenvalue weighted by molar-refractivity contribution is -0.116. The molecule has 1 atom stereocenters. The van der Waals surface area contributed by atoms with Crippen LogP contribution in [0.5, 0.6) is 0 Å². The molecule has 1 heterocycles. The Morgan fingerprint density at radius 3 is 2.67 bits per heavy atom. The first-order chi connectivity index (χ1) is 10.9. The lowest BCUT2D eigenvalue weighted by Crippen LogP contribution is -2.27. The second-order valence-electron chi connectivity index (χ2n) is 5.94. The fourth-order valence-electron chi connectivity index (χ4n) is 2.72. The van der Waals surface area contributed by atoms with Crippen LogP contribution in [-0.2, 0) is 14.8 Å². The molecule has 1 saturated heterocycles. The minimum Gasteiger partial charge on any atom is -0.326 e. The summed E-state index contributed by atoms with van der Waals surface area (Å²) in [4.78, 5) is 12.1. The summed E-state index contributed by atoms with van der Waals surface area (Å²) in [5.74, 6) is 0.0252. The van der Waals surface area contributed by atoms with Crippen LogP contribution in [0, 0.1) is 6.92 Å². The number of carbonyl (C=O) groups is 1. The summed E-state index contributed by atoms with van der Waals surface area (Å²) in [6.07, 6.45) is 3.11. The van der Waals surface area contributed by atoms with Gasteiger partial charge < -0.3 is 10.6 Å². The van der Waals surface area contributed by atoms with Crippen molar-refractivity contribution in [2.75, 3.05) is 22.3 Å². The summed E-state index contributed by atoms with van der Waals surface area (Å²) >= 11 is 0. The number of nitrogens with one attached hydrogen (secondary N) is 3. The highest BCUT2D eigenvalue weighted by Gasteiger charge is 2.18. The standard InChI is InChI=1S/C16H25N3O3S.ClH/c1-3-10-23(21,22)19-15-8-4-7-14(12(15)2)18-16(20)11-13-6-5-9-17-13;/h4,7-8,13,17,19H,3,5-6,9-11H2,1-2H3,(H,18,20);1H.